The first kappa shape index (κ1) is 11.8. The minimum atomic E-state index is -0.00458. The minimum absolute atomic E-state index is 0.00458. The topological polar surface area (TPSA) is 37.3 Å². The van der Waals surface area contributed by atoms with Crippen LogP contribution in [-0.4, -0.2) is 11.4 Å². The number of aromatic hydroxyl groups is 1. The molecule has 82 valence electrons. The third-order valence-electron chi connectivity index (χ3n) is 2.59. The first-order chi connectivity index (χ1) is 6.90. The van der Waals surface area contributed by atoms with E-state index in [1.807, 2.05) is 13.0 Å². The summed E-state index contributed by atoms with van der Waals surface area (Å²) in [5.74, 6) is 0.125. The van der Waals surface area contributed by atoms with Crippen molar-refractivity contribution in [2.45, 2.75) is 39.5 Å². The molecule has 0 heterocycles. The summed E-state index contributed by atoms with van der Waals surface area (Å²) in [4.78, 5) is 10.8. The number of rotatable bonds is 2. The van der Waals surface area contributed by atoms with Crippen LogP contribution >= 0.6 is 0 Å². The van der Waals surface area contributed by atoms with Crippen molar-refractivity contribution in [3.8, 4) is 5.75 Å². The lowest BCUT2D eigenvalue weighted by Gasteiger charge is -2.21. The fraction of sp³-hybridized carbons (Fsp3) is 0.462. The molecule has 1 rings (SSSR count). The molecule has 0 unspecified atom stereocenters. The molecule has 2 nitrogen and oxygen atoms in total. The van der Waals surface area contributed by atoms with Crippen LogP contribution in [0.3, 0.4) is 0 Å². The van der Waals surface area contributed by atoms with E-state index in [0.717, 1.165) is 17.5 Å². The number of carbonyl (C=O) groups is 1. The average molecular weight is 206 g/mol. The zero-order valence-corrected chi connectivity index (χ0v) is 9.79. The molecule has 0 saturated heterocycles. The number of hydrogen-bond donors (Lipinski definition) is 1. The Kier molecular flexibility index (Phi) is 3.18. The van der Waals surface area contributed by atoms with Crippen molar-refractivity contribution in [2.75, 3.05) is 0 Å². The summed E-state index contributed by atoms with van der Waals surface area (Å²) >= 11 is 0. The third-order valence-corrected chi connectivity index (χ3v) is 2.59. The second-order valence-corrected chi connectivity index (χ2v) is 4.79. The molecule has 0 radical (unpaired) electrons. The van der Waals surface area contributed by atoms with Gasteiger partial charge in [0, 0.05) is 0 Å². The predicted molar refractivity (Wildman–Crippen MR) is 61.6 cm³/mol. The zero-order chi connectivity index (χ0) is 11.6. The molecule has 1 aromatic rings. The molecule has 0 fully saturated rings. The van der Waals surface area contributed by atoms with E-state index in [-0.39, 0.29) is 11.2 Å². The van der Waals surface area contributed by atoms with Gasteiger partial charge in [-0.15, -0.1) is 0 Å². The third kappa shape index (κ3) is 2.38. The summed E-state index contributed by atoms with van der Waals surface area (Å²) in [6.07, 6.45) is 1.44. The smallest absolute Gasteiger partial charge is 0.153 e. The van der Waals surface area contributed by atoms with Crippen LogP contribution in [0, 0.1) is 0 Å². The molecule has 0 spiro atoms. The van der Waals surface area contributed by atoms with Gasteiger partial charge in [0.05, 0.1) is 5.56 Å². The summed E-state index contributed by atoms with van der Waals surface area (Å²) in [6.45, 7) is 8.24. The Balaban J connectivity index is 3.40. The molecule has 0 saturated carbocycles. The second-order valence-electron chi connectivity index (χ2n) is 4.79. The number of hydrogen-bond acceptors (Lipinski definition) is 2. The normalized spacial score (nSPS) is 11.5. The monoisotopic (exact) mass is 206 g/mol. The summed E-state index contributed by atoms with van der Waals surface area (Å²) in [6, 6.07) is 3.74. The van der Waals surface area contributed by atoms with E-state index < -0.39 is 0 Å². The predicted octanol–water partition coefficient (Wildman–Crippen LogP) is 3.06. The van der Waals surface area contributed by atoms with Crippen LogP contribution in [-0.2, 0) is 11.8 Å². The number of benzene rings is 1. The van der Waals surface area contributed by atoms with Gasteiger partial charge >= 0.3 is 0 Å². The molecule has 0 aromatic heterocycles. The van der Waals surface area contributed by atoms with Crippen LogP contribution < -0.4 is 0 Å². The molecule has 0 bridgehead atoms. The van der Waals surface area contributed by atoms with Gasteiger partial charge in [-0.1, -0.05) is 33.8 Å². The molecule has 0 aliphatic rings. The molecule has 0 atom stereocenters. The first-order valence-electron chi connectivity index (χ1n) is 5.21. The lowest BCUT2D eigenvalue weighted by molar-refractivity contribution is 0.112. The number of phenolic OH excluding ortho intramolecular Hbond substituents is 1. The van der Waals surface area contributed by atoms with Gasteiger partial charge in [0.2, 0.25) is 0 Å². The Hall–Kier alpha value is -1.31. The second kappa shape index (κ2) is 4.05. The van der Waals surface area contributed by atoms with Crippen LogP contribution in [0.15, 0.2) is 12.1 Å². The lowest BCUT2D eigenvalue weighted by Crippen LogP contribution is -2.12. The minimum Gasteiger partial charge on any atom is -0.507 e. The van der Waals surface area contributed by atoms with Crippen LogP contribution in [0.5, 0.6) is 5.75 Å². The van der Waals surface area contributed by atoms with Gasteiger partial charge in [-0.2, -0.15) is 0 Å². The molecule has 2 heteroatoms. The Labute approximate surface area is 90.9 Å². The van der Waals surface area contributed by atoms with E-state index in [0.29, 0.717) is 11.8 Å². The summed E-state index contributed by atoms with van der Waals surface area (Å²) in [7, 11) is 0. The number of carbonyl (C=O) groups excluding carboxylic acids is 1. The largest absolute Gasteiger partial charge is 0.507 e. The molecule has 1 aromatic carbocycles. The van der Waals surface area contributed by atoms with E-state index in [1.54, 1.807) is 6.07 Å². The van der Waals surface area contributed by atoms with Crippen molar-refractivity contribution in [1.29, 1.82) is 0 Å². The Bertz CT molecular complexity index is 373. The van der Waals surface area contributed by atoms with Crippen LogP contribution in [0.1, 0.15) is 49.2 Å². The van der Waals surface area contributed by atoms with Crippen LogP contribution in [0.25, 0.3) is 0 Å². The SMILES string of the molecule is CCc1cc(C(C)(C)C)cc(C=O)c1O. The molecule has 15 heavy (non-hydrogen) atoms. The Morgan fingerprint density at radius 2 is 1.93 bits per heavy atom. The molecule has 0 aliphatic heterocycles. The van der Waals surface area contributed by atoms with E-state index >= 15 is 0 Å². The molecule has 0 aliphatic carbocycles. The Morgan fingerprint density at radius 1 is 1.33 bits per heavy atom. The van der Waals surface area contributed by atoms with Crippen molar-refractivity contribution in [3.05, 3.63) is 28.8 Å². The van der Waals surface area contributed by atoms with Crippen LogP contribution in [0.2, 0.25) is 0 Å². The average Bonchev–Trinajstić information content (AvgIpc) is 2.16. The van der Waals surface area contributed by atoms with Crippen molar-refractivity contribution in [2.24, 2.45) is 0 Å². The van der Waals surface area contributed by atoms with Crippen molar-refractivity contribution < 1.29 is 9.90 Å². The van der Waals surface area contributed by atoms with Gasteiger partial charge in [0.25, 0.3) is 0 Å². The number of aryl methyl sites for hydroxylation is 1. The highest BCUT2D eigenvalue weighted by atomic mass is 16.3. The van der Waals surface area contributed by atoms with E-state index in [1.165, 1.54) is 0 Å². The highest BCUT2D eigenvalue weighted by molar-refractivity contribution is 5.80. The lowest BCUT2D eigenvalue weighted by atomic mass is 9.84. The van der Waals surface area contributed by atoms with E-state index in [4.69, 9.17) is 0 Å². The molecular formula is C13H18O2. The molecular weight excluding hydrogens is 188 g/mol. The van der Waals surface area contributed by atoms with Crippen molar-refractivity contribution >= 4 is 6.29 Å². The Morgan fingerprint density at radius 3 is 2.33 bits per heavy atom. The van der Waals surface area contributed by atoms with Gasteiger partial charge in [-0.25, -0.2) is 0 Å². The van der Waals surface area contributed by atoms with Crippen molar-refractivity contribution in [1.82, 2.24) is 0 Å². The quantitative estimate of drug-likeness (QED) is 0.755. The van der Waals surface area contributed by atoms with E-state index in [2.05, 4.69) is 20.8 Å². The van der Waals surface area contributed by atoms with Gasteiger partial charge < -0.3 is 5.11 Å². The summed E-state index contributed by atoms with van der Waals surface area (Å²) in [5.41, 5.74) is 2.30. The molecule has 1 N–H and O–H groups in total. The highest BCUT2D eigenvalue weighted by Gasteiger charge is 2.17. The fourth-order valence-electron chi connectivity index (χ4n) is 1.51. The number of phenols is 1. The van der Waals surface area contributed by atoms with Crippen LogP contribution in [0.4, 0.5) is 0 Å². The highest BCUT2D eigenvalue weighted by Crippen LogP contribution is 2.30. The zero-order valence-electron chi connectivity index (χ0n) is 9.79. The molecule has 0 amide bonds. The first-order valence-corrected chi connectivity index (χ1v) is 5.21. The maximum atomic E-state index is 10.8. The van der Waals surface area contributed by atoms with E-state index in [9.17, 15) is 9.90 Å². The van der Waals surface area contributed by atoms with Gasteiger partial charge in [0.15, 0.2) is 6.29 Å². The summed E-state index contributed by atoms with van der Waals surface area (Å²) in [5, 5.41) is 9.75. The maximum Gasteiger partial charge on any atom is 0.153 e. The standard InChI is InChI=1S/C13H18O2/c1-5-9-6-11(13(2,3)4)7-10(8-14)12(9)15/h6-8,15H,5H2,1-4H3. The maximum absolute atomic E-state index is 10.8. The van der Waals surface area contributed by atoms with Gasteiger partial charge in [-0.05, 0) is 29.0 Å². The van der Waals surface area contributed by atoms with Crippen molar-refractivity contribution in [3.63, 3.8) is 0 Å². The fourth-order valence-corrected chi connectivity index (χ4v) is 1.51. The number of aldehydes is 1. The van der Waals surface area contributed by atoms with Gasteiger partial charge in [0.1, 0.15) is 5.75 Å². The van der Waals surface area contributed by atoms with Gasteiger partial charge in [-0.3, -0.25) is 4.79 Å². The summed E-state index contributed by atoms with van der Waals surface area (Å²) < 4.78 is 0.